The number of rotatable bonds is 2. The van der Waals surface area contributed by atoms with Crippen molar-refractivity contribution >= 4 is 11.6 Å². The predicted octanol–water partition coefficient (Wildman–Crippen LogP) is 5.31. The van der Waals surface area contributed by atoms with Crippen molar-refractivity contribution in [3.63, 3.8) is 0 Å². The molecule has 0 aromatic heterocycles. The van der Waals surface area contributed by atoms with Crippen molar-refractivity contribution in [1.82, 2.24) is 9.80 Å². The van der Waals surface area contributed by atoms with Crippen molar-refractivity contribution in [2.45, 2.75) is 121 Å². The van der Waals surface area contributed by atoms with Crippen LogP contribution in [-0.2, 0) is 4.79 Å². The number of hydrogen-bond acceptors (Lipinski definition) is 3. The largest absolute Gasteiger partial charge is 0.336 e. The van der Waals surface area contributed by atoms with Gasteiger partial charge in [-0.1, -0.05) is 20.3 Å². The summed E-state index contributed by atoms with van der Waals surface area (Å²) in [5, 5.41) is 0. The van der Waals surface area contributed by atoms with Crippen LogP contribution >= 0.6 is 0 Å². The van der Waals surface area contributed by atoms with Crippen LogP contribution in [0.15, 0.2) is 4.99 Å². The van der Waals surface area contributed by atoms with Crippen molar-refractivity contribution in [1.29, 1.82) is 0 Å². The molecule has 0 aromatic rings. The minimum Gasteiger partial charge on any atom is -0.336 e. The summed E-state index contributed by atoms with van der Waals surface area (Å²) in [6.45, 7) is 9.15. The van der Waals surface area contributed by atoms with Gasteiger partial charge in [-0.15, -0.1) is 0 Å². The molecule has 4 nitrogen and oxygen atoms in total. The Balaban J connectivity index is 1.21. The number of piperidine rings is 3. The number of carbonyl (C=O) groups excluding carboxylic acids is 1. The van der Waals surface area contributed by atoms with Gasteiger partial charge in [0.15, 0.2) is 0 Å². The van der Waals surface area contributed by atoms with E-state index in [0.717, 1.165) is 42.3 Å². The van der Waals surface area contributed by atoms with Crippen LogP contribution in [0.25, 0.3) is 0 Å². The number of hydrogen-bond donors (Lipinski definition) is 0. The lowest BCUT2D eigenvalue weighted by Gasteiger charge is -2.62. The number of amides is 1. The van der Waals surface area contributed by atoms with Gasteiger partial charge < -0.3 is 4.90 Å². The fourth-order valence-electron chi connectivity index (χ4n) is 11.4. The standard InChI is InChI=1S/C29H45N3O/c1-18-11-24-6-4-5-9-31(24)25(12-18)15-23-7-8-28-22-14-26-21(13-27(28)30-23)10-19(2)16-29(26,28)32(17-22)20(3)33/h18-19,21-26H,4-17H2,1-3H3/t18?,19?,21?,22-,23?,24?,25?,26?,28?,29-/m1/s1. The molecule has 0 N–H and O–H groups in total. The highest BCUT2D eigenvalue weighted by Gasteiger charge is 2.78. The van der Waals surface area contributed by atoms with Gasteiger partial charge in [-0.2, -0.15) is 0 Å². The number of fused-ring (bicyclic) bond motifs is 1. The third-order valence-corrected chi connectivity index (χ3v) is 12.0. The highest BCUT2D eigenvalue weighted by Crippen LogP contribution is 2.74. The maximum Gasteiger partial charge on any atom is 0.219 e. The molecule has 3 aliphatic carbocycles. The van der Waals surface area contributed by atoms with Crippen LogP contribution in [0.1, 0.15) is 97.8 Å². The van der Waals surface area contributed by atoms with E-state index >= 15 is 0 Å². The summed E-state index contributed by atoms with van der Waals surface area (Å²) >= 11 is 0. The Bertz CT molecular complexity index is 869. The zero-order chi connectivity index (χ0) is 22.5. The minimum atomic E-state index is 0.116. The lowest BCUT2D eigenvalue weighted by molar-refractivity contribution is -0.145. The van der Waals surface area contributed by atoms with E-state index in [0.29, 0.717) is 17.9 Å². The molecule has 1 amide bonds. The fraction of sp³-hybridized carbons (Fsp3) is 0.931. The molecule has 182 valence electrons. The van der Waals surface area contributed by atoms with Crippen LogP contribution in [0.3, 0.4) is 0 Å². The monoisotopic (exact) mass is 451 g/mol. The average molecular weight is 452 g/mol. The molecule has 6 fully saturated rings. The quantitative estimate of drug-likeness (QED) is 0.571. The number of nitrogens with zero attached hydrogens (tertiary/aromatic N) is 3. The van der Waals surface area contributed by atoms with Crippen LogP contribution in [0.2, 0.25) is 0 Å². The summed E-state index contributed by atoms with van der Waals surface area (Å²) in [4.78, 5) is 23.9. The zero-order valence-electron chi connectivity index (χ0n) is 21.3. The lowest BCUT2D eigenvalue weighted by atomic mass is 9.48. The highest BCUT2D eigenvalue weighted by molar-refractivity contribution is 5.96. The Morgan fingerprint density at radius 2 is 1.97 bits per heavy atom. The molecule has 7 rings (SSSR count). The highest BCUT2D eigenvalue weighted by atomic mass is 16.2. The molecule has 3 saturated heterocycles. The maximum absolute atomic E-state index is 12.9. The Labute approximate surface area is 200 Å². The molecule has 0 aromatic carbocycles. The molecule has 3 saturated carbocycles. The summed E-state index contributed by atoms with van der Waals surface area (Å²) in [5.74, 6) is 4.17. The van der Waals surface area contributed by atoms with Crippen molar-refractivity contribution in [2.24, 2.45) is 40.0 Å². The van der Waals surface area contributed by atoms with Gasteiger partial charge >= 0.3 is 0 Å². The van der Waals surface area contributed by atoms with E-state index in [1.54, 1.807) is 5.71 Å². The molecule has 0 radical (unpaired) electrons. The Morgan fingerprint density at radius 3 is 2.82 bits per heavy atom. The Kier molecular flexibility index (Phi) is 4.74. The van der Waals surface area contributed by atoms with Crippen LogP contribution in [0.5, 0.6) is 0 Å². The number of likely N-dealkylation sites (tertiary alicyclic amines) is 1. The third kappa shape index (κ3) is 2.74. The summed E-state index contributed by atoms with van der Waals surface area (Å²) in [6, 6.07) is 2.13. The molecule has 4 aliphatic heterocycles. The van der Waals surface area contributed by atoms with Gasteiger partial charge in [0.2, 0.25) is 5.91 Å². The molecule has 33 heavy (non-hydrogen) atoms. The predicted molar refractivity (Wildman–Crippen MR) is 132 cm³/mol. The number of carbonyl (C=O) groups is 1. The first-order chi connectivity index (χ1) is 15.9. The Hall–Kier alpha value is -0.900. The van der Waals surface area contributed by atoms with E-state index in [1.165, 1.54) is 83.6 Å². The van der Waals surface area contributed by atoms with Crippen molar-refractivity contribution in [2.75, 3.05) is 13.1 Å². The molecular weight excluding hydrogens is 406 g/mol. The van der Waals surface area contributed by atoms with Gasteiger partial charge in [0.25, 0.3) is 0 Å². The summed E-state index contributed by atoms with van der Waals surface area (Å²) in [6.07, 6.45) is 16.2. The molecular formula is C29H45N3O. The van der Waals surface area contributed by atoms with Gasteiger partial charge in [-0.25, -0.2) is 0 Å². The second-order valence-electron chi connectivity index (χ2n) is 13.7. The molecule has 4 heteroatoms. The van der Waals surface area contributed by atoms with Gasteiger partial charge in [0, 0.05) is 36.7 Å². The second-order valence-corrected chi connectivity index (χ2v) is 13.7. The van der Waals surface area contributed by atoms with E-state index in [4.69, 9.17) is 4.99 Å². The fourth-order valence-corrected chi connectivity index (χ4v) is 11.4. The van der Waals surface area contributed by atoms with E-state index in [-0.39, 0.29) is 11.0 Å². The molecule has 8 unspecified atom stereocenters. The van der Waals surface area contributed by atoms with E-state index in [2.05, 4.69) is 23.6 Å². The normalized spacial score (nSPS) is 52.8. The van der Waals surface area contributed by atoms with E-state index in [1.807, 2.05) is 6.92 Å². The number of aliphatic imine (C=N–C) groups is 1. The second kappa shape index (κ2) is 7.31. The maximum atomic E-state index is 12.9. The van der Waals surface area contributed by atoms with Crippen LogP contribution in [0, 0.1) is 35.0 Å². The van der Waals surface area contributed by atoms with Crippen molar-refractivity contribution in [3.05, 3.63) is 0 Å². The smallest absolute Gasteiger partial charge is 0.219 e. The molecule has 5 bridgehead atoms. The first-order valence-corrected chi connectivity index (χ1v) is 14.5. The van der Waals surface area contributed by atoms with Gasteiger partial charge in [0.1, 0.15) is 0 Å². The van der Waals surface area contributed by atoms with Crippen LogP contribution in [-0.4, -0.2) is 58.2 Å². The molecule has 2 spiro atoms. The van der Waals surface area contributed by atoms with Gasteiger partial charge in [0.05, 0.1) is 11.6 Å². The SMILES string of the molecule is CC(=O)N1C[C@H]2CC3C4CC5=NC(CC6CC(C)CC7CCCCN76)CCC52[C@@]31CC(C)C4. The van der Waals surface area contributed by atoms with Gasteiger partial charge in [-0.3, -0.25) is 14.7 Å². The molecule has 4 heterocycles. The third-order valence-electron chi connectivity index (χ3n) is 12.0. The van der Waals surface area contributed by atoms with Crippen molar-refractivity contribution < 1.29 is 4.79 Å². The topological polar surface area (TPSA) is 35.9 Å². The summed E-state index contributed by atoms with van der Waals surface area (Å²) < 4.78 is 0. The minimum absolute atomic E-state index is 0.116. The van der Waals surface area contributed by atoms with Crippen LogP contribution < -0.4 is 0 Å². The molecule has 10 atom stereocenters. The average Bonchev–Trinajstić information content (AvgIpc) is 3.13. The first-order valence-electron chi connectivity index (χ1n) is 14.5. The summed E-state index contributed by atoms with van der Waals surface area (Å²) in [5.41, 5.74) is 1.95. The van der Waals surface area contributed by atoms with Crippen LogP contribution in [0.4, 0.5) is 0 Å². The van der Waals surface area contributed by atoms with E-state index < -0.39 is 0 Å². The van der Waals surface area contributed by atoms with Crippen molar-refractivity contribution in [3.8, 4) is 0 Å². The first kappa shape index (κ1) is 21.4. The summed E-state index contributed by atoms with van der Waals surface area (Å²) in [7, 11) is 0. The Morgan fingerprint density at radius 1 is 1.09 bits per heavy atom. The van der Waals surface area contributed by atoms with E-state index in [9.17, 15) is 4.79 Å². The van der Waals surface area contributed by atoms with Gasteiger partial charge in [-0.05, 0) is 107 Å². The molecule has 7 aliphatic rings. The zero-order valence-corrected chi connectivity index (χ0v) is 21.3. The lowest BCUT2D eigenvalue weighted by Crippen LogP contribution is -2.68.